The first-order valence-electron chi connectivity index (χ1n) is 11.3. The number of fused-ring (bicyclic) bond motifs is 1. The summed E-state index contributed by atoms with van der Waals surface area (Å²) in [6.07, 6.45) is 1.43. The number of carbonyl (C=O) groups is 2. The number of aliphatic imine (C=N–C) groups is 1. The van der Waals surface area contributed by atoms with Crippen molar-refractivity contribution >= 4 is 60.4 Å². The zero-order chi connectivity index (χ0) is 31.0. The Bertz CT molecular complexity index is 1660. The molecule has 0 amide bonds. The van der Waals surface area contributed by atoms with Crippen LogP contribution in [0.1, 0.15) is 26.3 Å². The van der Waals surface area contributed by atoms with Crippen LogP contribution in [0.15, 0.2) is 59.6 Å². The summed E-state index contributed by atoms with van der Waals surface area (Å²) in [7, 11) is -7.33. The van der Waals surface area contributed by atoms with Gasteiger partial charge < -0.3 is 26.2 Å². The van der Waals surface area contributed by atoms with Crippen molar-refractivity contribution in [2.45, 2.75) is 0 Å². The third-order valence-corrected chi connectivity index (χ3v) is 4.77. The van der Waals surface area contributed by atoms with Gasteiger partial charge in [-0.05, 0) is 41.8 Å². The van der Waals surface area contributed by atoms with E-state index in [0.29, 0.717) is 41.4 Å². The lowest BCUT2D eigenvalue weighted by Gasteiger charge is -2.12. The predicted molar refractivity (Wildman–Crippen MR) is 152 cm³/mol. The first-order valence-corrected chi connectivity index (χ1v) is 15.0. The summed E-state index contributed by atoms with van der Waals surface area (Å²) >= 11 is 0. The van der Waals surface area contributed by atoms with Crippen LogP contribution in [0.2, 0.25) is 0 Å². The molecule has 0 saturated heterocycles. The van der Waals surface area contributed by atoms with Crippen LogP contribution >= 0.6 is 0 Å². The summed E-state index contributed by atoms with van der Waals surface area (Å²) in [5.41, 5.74) is 6.87. The Morgan fingerprint density at radius 2 is 1.54 bits per heavy atom. The molecule has 1 heterocycles. The Labute approximate surface area is 235 Å². The van der Waals surface area contributed by atoms with Gasteiger partial charge in [0.2, 0.25) is 0 Å². The van der Waals surface area contributed by atoms with Crippen LogP contribution in [-0.4, -0.2) is 80.4 Å². The lowest BCUT2D eigenvalue weighted by atomic mass is 10.0. The zero-order valence-electron chi connectivity index (χ0n) is 21.7. The second kappa shape index (κ2) is 13.7. The molecule has 41 heavy (non-hydrogen) atoms. The van der Waals surface area contributed by atoms with Gasteiger partial charge in [-0.3, -0.25) is 19.5 Å². The van der Waals surface area contributed by atoms with E-state index in [0.717, 1.165) is 12.2 Å². The highest BCUT2D eigenvalue weighted by atomic mass is 32.2. The molecule has 1 aliphatic heterocycles. The maximum absolute atomic E-state index is 12.6. The van der Waals surface area contributed by atoms with Gasteiger partial charge in [0.05, 0.1) is 24.6 Å². The van der Waals surface area contributed by atoms with E-state index in [1.165, 1.54) is 6.07 Å². The molecule has 0 spiro atoms. The number of carboxylic acids is 1. The van der Waals surface area contributed by atoms with Crippen LogP contribution in [0.25, 0.3) is 10.8 Å². The summed E-state index contributed by atoms with van der Waals surface area (Å²) in [6, 6.07) is 14.4. The third-order valence-electron chi connectivity index (χ3n) is 4.77. The fraction of sp³-hybridized carbons (Fsp3) is 0.167. The molecule has 0 bridgehead atoms. The number of carbonyl (C=O) groups excluding carboxylic acids is 1. The molecule has 4 rings (SSSR count). The number of hydrogen-bond acceptors (Lipinski definition) is 11. The fourth-order valence-electron chi connectivity index (χ4n) is 3.25. The van der Waals surface area contributed by atoms with Gasteiger partial charge in [-0.15, -0.1) is 0 Å². The number of ether oxygens (including phenoxy) is 1. The van der Waals surface area contributed by atoms with Crippen LogP contribution in [0.3, 0.4) is 0 Å². The van der Waals surface area contributed by atoms with Gasteiger partial charge in [-0.25, -0.2) is 9.59 Å². The number of carboxylic acid groups (broad SMARTS) is 1. The molecule has 0 atom stereocenters. The fourth-order valence-corrected chi connectivity index (χ4v) is 3.25. The highest BCUT2D eigenvalue weighted by Gasteiger charge is 2.20. The number of nitrogen functional groups attached to an aromatic ring is 1. The first-order chi connectivity index (χ1) is 18.9. The zero-order valence-corrected chi connectivity index (χ0v) is 23.3. The number of esters is 1. The maximum Gasteiger partial charge on any atom is 0.343 e. The summed E-state index contributed by atoms with van der Waals surface area (Å²) in [4.78, 5) is 28.7. The molecule has 0 aromatic heterocycles. The van der Waals surface area contributed by atoms with Crippen molar-refractivity contribution < 1.29 is 45.4 Å². The molecule has 3 aromatic carbocycles. The molecular formula is C24H27N5O10S2. The summed E-state index contributed by atoms with van der Waals surface area (Å²) in [5.74, 6) is -1.42. The van der Waals surface area contributed by atoms with Crippen LogP contribution < -0.4 is 21.1 Å². The molecule has 0 saturated carbocycles. The molecular weight excluding hydrogens is 582 g/mol. The van der Waals surface area contributed by atoms with Crippen LogP contribution in [0.4, 0.5) is 5.69 Å². The van der Waals surface area contributed by atoms with Gasteiger partial charge in [-0.1, -0.05) is 18.2 Å². The minimum absolute atomic E-state index is 0.0627. The monoisotopic (exact) mass is 609 g/mol. The van der Waals surface area contributed by atoms with E-state index in [1.54, 1.807) is 48.5 Å². The smallest absolute Gasteiger partial charge is 0.343 e. The number of nitrogens with two attached hydrogens (primary N) is 1. The second-order valence-corrected chi connectivity index (χ2v) is 11.2. The number of aromatic carboxylic acids is 1. The Kier molecular flexibility index (Phi) is 10.9. The Hall–Kier alpha value is -4.58. The number of hydrogen-bond donors (Lipinski definition) is 7. The Morgan fingerprint density at radius 3 is 2.02 bits per heavy atom. The number of guanidine groups is 1. The number of anilines is 1. The van der Waals surface area contributed by atoms with E-state index in [-0.39, 0.29) is 22.7 Å². The molecule has 0 unspecified atom stereocenters. The Morgan fingerprint density at radius 1 is 0.976 bits per heavy atom. The number of nitrogens with one attached hydrogen (secondary N) is 3. The molecule has 220 valence electrons. The van der Waals surface area contributed by atoms with Crippen molar-refractivity contribution in [2.24, 2.45) is 10.7 Å². The lowest BCUT2D eigenvalue weighted by molar-refractivity contribution is 0.0683. The van der Waals surface area contributed by atoms with Crippen molar-refractivity contribution in [1.29, 1.82) is 5.41 Å². The van der Waals surface area contributed by atoms with E-state index in [4.69, 9.17) is 25.0 Å². The third kappa shape index (κ3) is 11.6. The van der Waals surface area contributed by atoms with Gasteiger partial charge in [0.25, 0.3) is 20.2 Å². The van der Waals surface area contributed by atoms with Gasteiger partial charge >= 0.3 is 11.9 Å². The highest BCUT2D eigenvalue weighted by Crippen LogP contribution is 2.30. The van der Waals surface area contributed by atoms with Crippen molar-refractivity contribution in [2.75, 3.05) is 30.9 Å². The number of rotatable bonds is 5. The van der Waals surface area contributed by atoms with Crippen LogP contribution in [0, 0.1) is 5.41 Å². The molecule has 0 fully saturated rings. The molecule has 17 heteroatoms. The van der Waals surface area contributed by atoms with Gasteiger partial charge in [0.15, 0.2) is 5.96 Å². The van der Waals surface area contributed by atoms with E-state index in [1.807, 2.05) is 0 Å². The van der Waals surface area contributed by atoms with Crippen molar-refractivity contribution in [3.05, 3.63) is 71.3 Å². The summed E-state index contributed by atoms with van der Waals surface area (Å²) < 4.78 is 57.1. The highest BCUT2D eigenvalue weighted by molar-refractivity contribution is 7.85. The largest absolute Gasteiger partial charge is 0.478 e. The first kappa shape index (κ1) is 32.6. The van der Waals surface area contributed by atoms with Gasteiger partial charge in [-0.2, -0.15) is 16.8 Å². The van der Waals surface area contributed by atoms with Crippen molar-refractivity contribution in [3.8, 4) is 5.75 Å². The molecule has 8 N–H and O–H groups in total. The minimum Gasteiger partial charge on any atom is -0.478 e. The molecule has 0 aliphatic carbocycles. The van der Waals surface area contributed by atoms with Crippen molar-refractivity contribution in [3.63, 3.8) is 0 Å². The lowest BCUT2D eigenvalue weighted by Crippen LogP contribution is -2.26. The van der Waals surface area contributed by atoms with E-state index in [9.17, 15) is 31.5 Å². The average molecular weight is 610 g/mol. The molecule has 3 aromatic rings. The van der Waals surface area contributed by atoms with Crippen LogP contribution in [-0.2, 0) is 20.2 Å². The molecule has 0 radical (unpaired) electrons. The molecule has 15 nitrogen and oxygen atoms in total. The van der Waals surface area contributed by atoms with E-state index >= 15 is 0 Å². The predicted octanol–water partition coefficient (Wildman–Crippen LogP) is 1.42. The number of benzene rings is 3. The SMILES string of the molecule is CS(=O)(=O)O.CS(=O)(=O)O.N=C(N)c1ccc2c(C(=O)O)c(OC(=O)c3ccc(NC4=NCCN4)cc3)ccc2c1. The van der Waals surface area contributed by atoms with Gasteiger partial charge in [0, 0.05) is 23.2 Å². The van der Waals surface area contributed by atoms with Gasteiger partial charge in [0.1, 0.15) is 17.1 Å². The average Bonchev–Trinajstić information content (AvgIpc) is 3.34. The summed E-state index contributed by atoms with van der Waals surface area (Å²) in [5, 5.41) is 24.4. The quantitative estimate of drug-likeness (QED) is 0.0710. The maximum atomic E-state index is 12.6. The normalized spacial score (nSPS) is 12.4. The standard InChI is InChI=1S/C22H19N5O4.2CH4O3S/c23-19(24)14-3-7-16-13(11-14)4-8-17(18(16)20(28)29)31-21(30)12-1-5-15(6-2-12)27-22-25-9-10-26-22;2*1-5(2,3)4/h1-8,11H,9-10H2,(H3,23,24)(H,28,29)(H2,25,26,27);2*1H3,(H,2,3,4). The topological polar surface area (TPSA) is 259 Å². The van der Waals surface area contributed by atoms with E-state index in [2.05, 4.69) is 15.6 Å². The van der Waals surface area contributed by atoms with E-state index < -0.39 is 32.2 Å². The van der Waals surface area contributed by atoms with Crippen molar-refractivity contribution in [1.82, 2.24) is 5.32 Å². The summed E-state index contributed by atoms with van der Waals surface area (Å²) in [6.45, 7) is 1.49. The Balaban J connectivity index is 0.000000507. The molecule has 1 aliphatic rings. The van der Waals surface area contributed by atoms with Crippen LogP contribution in [0.5, 0.6) is 5.75 Å². The second-order valence-electron chi connectivity index (χ2n) is 8.31. The minimum atomic E-state index is -3.67. The number of nitrogens with zero attached hydrogens (tertiary/aromatic N) is 1. The number of amidine groups is 1.